The van der Waals surface area contributed by atoms with E-state index in [-0.39, 0.29) is 0 Å². The minimum atomic E-state index is 0.369. The van der Waals surface area contributed by atoms with Crippen LogP contribution in [0, 0.1) is 0 Å². The molecule has 0 aromatic carbocycles. The first-order valence-corrected chi connectivity index (χ1v) is 7.90. The third-order valence-electron chi connectivity index (χ3n) is 3.00. The standard InChI is InChI=1S/C14H25BrN4/c1-6-9-16-13-11(15)12(10(4)5)17-14(18-13)19(7-2)8-3/h10H,6-9H2,1-5H3,(H,16,17,18). The number of nitrogens with one attached hydrogen (secondary N) is 1. The SMILES string of the molecule is CCCNc1nc(N(CC)CC)nc(C(C)C)c1Br. The lowest BCUT2D eigenvalue weighted by molar-refractivity contribution is 0.768. The molecule has 0 atom stereocenters. The Hall–Kier alpha value is -0.840. The van der Waals surface area contributed by atoms with Crippen LogP contribution in [-0.2, 0) is 0 Å². The molecule has 0 saturated carbocycles. The van der Waals surface area contributed by atoms with Gasteiger partial charge >= 0.3 is 0 Å². The van der Waals surface area contributed by atoms with E-state index in [0.29, 0.717) is 5.92 Å². The molecule has 0 saturated heterocycles. The van der Waals surface area contributed by atoms with Gasteiger partial charge in [-0.25, -0.2) is 4.98 Å². The van der Waals surface area contributed by atoms with E-state index in [1.807, 2.05) is 0 Å². The Balaban J connectivity index is 3.21. The highest BCUT2D eigenvalue weighted by Gasteiger charge is 2.16. The fraction of sp³-hybridized carbons (Fsp3) is 0.714. The van der Waals surface area contributed by atoms with E-state index in [4.69, 9.17) is 4.98 Å². The Morgan fingerprint density at radius 1 is 1.16 bits per heavy atom. The van der Waals surface area contributed by atoms with E-state index in [1.54, 1.807) is 0 Å². The van der Waals surface area contributed by atoms with Gasteiger partial charge in [0.1, 0.15) is 5.82 Å². The Morgan fingerprint density at radius 3 is 2.26 bits per heavy atom. The lowest BCUT2D eigenvalue weighted by atomic mass is 10.1. The third kappa shape index (κ3) is 4.06. The molecule has 108 valence electrons. The fourth-order valence-electron chi connectivity index (χ4n) is 1.84. The highest BCUT2D eigenvalue weighted by Crippen LogP contribution is 2.30. The molecular weight excluding hydrogens is 304 g/mol. The summed E-state index contributed by atoms with van der Waals surface area (Å²) in [6.07, 6.45) is 1.08. The van der Waals surface area contributed by atoms with Crippen molar-refractivity contribution >= 4 is 27.7 Å². The van der Waals surface area contributed by atoms with Crippen LogP contribution in [0.15, 0.2) is 4.47 Å². The Bertz CT molecular complexity index is 403. The lowest BCUT2D eigenvalue weighted by Gasteiger charge is -2.22. The van der Waals surface area contributed by atoms with E-state index in [2.05, 4.69) is 65.7 Å². The van der Waals surface area contributed by atoms with Gasteiger partial charge in [0, 0.05) is 19.6 Å². The molecule has 0 aliphatic heterocycles. The van der Waals surface area contributed by atoms with Gasteiger partial charge in [0.25, 0.3) is 0 Å². The van der Waals surface area contributed by atoms with Crippen molar-refractivity contribution < 1.29 is 0 Å². The van der Waals surface area contributed by atoms with E-state index in [0.717, 1.165) is 48.0 Å². The molecule has 1 N–H and O–H groups in total. The Morgan fingerprint density at radius 2 is 1.79 bits per heavy atom. The second-order valence-electron chi connectivity index (χ2n) is 4.83. The van der Waals surface area contributed by atoms with E-state index in [9.17, 15) is 0 Å². The zero-order valence-corrected chi connectivity index (χ0v) is 14.2. The van der Waals surface area contributed by atoms with Gasteiger partial charge in [-0.1, -0.05) is 20.8 Å². The number of hydrogen-bond donors (Lipinski definition) is 1. The predicted octanol–water partition coefficient (Wildman–Crippen LogP) is 4.03. The van der Waals surface area contributed by atoms with Gasteiger partial charge in [0.15, 0.2) is 0 Å². The largest absolute Gasteiger partial charge is 0.369 e. The molecule has 0 radical (unpaired) electrons. The molecule has 5 heteroatoms. The number of hydrogen-bond acceptors (Lipinski definition) is 4. The van der Waals surface area contributed by atoms with Gasteiger partial charge in [-0.3, -0.25) is 0 Å². The molecule has 0 amide bonds. The number of aromatic nitrogens is 2. The minimum absolute atomic E-state index is 0.369. The average molecular weight is 329 g/mol. The summed E-state index contributed by atoms with van der Waals surface area (Å²) in [7, 11) is 0. The molecule has 0 fully saturated rings. The third-order valence-corrected chi connectivity index (χ3v) is 3.78. The summed E-state index contributed by atoms with van der Waals surface area (Å²) in [4.78, 5) is 11.5. The van der Waals surface area contributed by atoms with Gasteiger partial charge in [0.2, 0.25) is 5.95 Å². The number of nitrogens with zero attached hydrogens (tertiary/aromatic N) is 3. The van der Waals surface area contributed by atoms with Crippen molar-refractivity contribution in [1.29, 1.82) is 0 Å². The first kappa shape index (κ1) is 16.2. The van der Waals surface area contributed by atoms with Crippen molar-refractivity contribution in [2.24, 2.45) is 0 Å². The number of rotatable bonds is 7. The van der Waals surface area contributed by atoms with Gasteiger partial charge in [0.05, 0.1) is 10.2 Å². The first-order valence-electron chi connectivity index (χ1n) is 7.11. The first-order chi connectivity index (χ1) is 9.04. The van der Waals surface area contributed by atoms with Crippen LogP contribution in [0.2, 0.25) is 0 Å². The average Bonchev–Trinajstić information content (AvgIpc) is 2.39. The summed E-state index contributed by atoms with van der Waals surface area (Å²) >= 11 is 3.63. The topological polar surface area (TPSA) is 41.1 Å². The van der Waals surface area contributed by atoms with Crippen molar-refractivity contribution in [3.05, 3.63) is 10.2 Å². The molecule has 1 rings (SSSR count). The van der Waals surface area contributed by atoms with E-state index < -0.39 is 0 Å². The molecule has 1 heterocycles. The van der Waals surface area contributed by atoms with Crippen LogP contribution in [0.25, 0.3) is 0 Å². The monoisotopic (exact) mass is 328 g/mol. The molecule has 1 aromatic rings. The maximum atomic E-state index is 4.71. The Labute approximate surface area is 125 Å². The fourth-order valence-corrected chi connectivity index (χ4v) is 2.62. The maximum Gasteiger partial charge on any atom is 0.227 e. The molecule has 19 heavy (non-hydrogen) atoms. The summed E-state index contributed by atoms with van der Waals surface area (Å²) in [6, 6.07) is 0. The lowest BCUT2D eigenvalue weighted by Crippen LogP contribution is -2.25. The van der Waals surface area contributed by atoms with Crippen LogP contribution in [0.5, 0.6) is 0 Å². The van der Waals surface area contributed by atoms with Crippen LogP contribution in [0.4, 0.5) is 11.8 Å². The van der Waals surface area contributed by atoms with Gasteiger partial charge in [-0.15, -0.1) is 0 Å². The van der Waals surface area contributed by atoms with Crippen LogP contribution < -0.4 is 10.2 Å². The zero-order chi connectivity index (χ0) is 14.4. The summed E-state index contributed by atoms with van der Waals surface area (Å²) < 4.78 is 0.992. The molecule has 4 nitrogen and oxygen atoms in total. The second-order valence-corrected chi connectivity index (χ2v) is 5.62. The van der Waals surface area contributed by atoms with Gasteiger partial charge in [-0.2, -0.15) is 4.98 Å². The number of halogens is 1. The highest BCUT2D eigenvalue weighted by molar-refractivity contribution is 9.10. The molecule has 1 aromatic heterocycles. The van der Waals surface area contributed by atoms with Crippen LogP contribution in [-0.4, -0.2) is 29.6 Å². The molecular formula is C14H25BrN4. The summed E-state index contributed by atoms with van der Waals surface area (Å²) in [5, 5.41) is 3.38. The van der Waals surface area contributed by atoms with E-state index >= 15 is 0 Å². The molecule has 0 spiro atoms. The maximum absolute atomic E-state index is 4.71. The predicted molar refractivity (Wildman–Crippen MR) is 86.2 cm³/mol. The molecule has 0 aliphatic carbocycles. The summed E-state index contributed by atoms with van der Waals surface area (Å²) in [5.41, 5.74) is 1.07. The van der Waals surface area contributed by atoms with Crippen molar-refractivity contribution in [2.75, 3.05) is 29.9 Å². The highest BCUT2D eigenvalue weighted by atomic mass is 79.9. The summed E-state index contributed by atoms with van der Waals surface area (Å²) in [6.45, 7) is 13.5. The molecule has 0 unspecified atom stereocenters. The van der Waals surface area contributed by atoms with E-state index in [1.165, 1.54) is 0 Å². The van der Waals surface area contributed by atoms with Crippen LogP contribution in [0.1, 0.15) is 52.7 Å². The van der Waals surface area contributed by atoms with Crippen molar-refractivity contribution in [1.82, 2.24) is 9.97 Å². The van der Waals surface area contributed by atoms with Crippen molar-refractivity contribution in [3.8, 4) is 0 Å². The molecule has 0 aliphatic rings. The minimum Gasteiger partial charge on any atom is -0.369 e. The van der Waals surface area contributed by atoms with Gasteiger partial charge < -0.3 is 10.2 Å². The van der Waals surface area contributed by atoms with Crippen LogP contribution in [0.3, 0.4) is 0 Å². The molecule has 0 bridgehead atoms. The van der Waals surface area contributed by atoms with Crippen LogP contribution >= 0.6 is 15.9 Å². The van der Waals surface area contributed by atoms with Gasteiger partial charge in [-0.05, 0) is 42.1 Å². The normalized spacial score (nSPS) is 10.9. The summed E-state index contributed by atoms with van der Waals surface area (Å²) in [5.74, 6) is 2.09. The Kier molecular flexibility index (Phi) is 6.55. The zero-order valence-electron chi connectivity index (χ0n) is 12.6. The second kappa shape index (κ2) is 7.68. The van der Waals surface area contributed by atoms with Crippen molar-refractivity contribution in [3.63, 3.8) is 0 Å². The number of anilines is 2. The van der Waals surface area contributed by atoms with Crippen molar-refractivity contribution in [2.45, 2.75) is 47.0 Å². The smallest absolute Gasteiger partial charge is 0.227 e. The quantitative estimate of drug-likeness (QED) is 0.820.